The predicted octanol–water partition coefficient (Wildman–Crippen LogP) is 5.00. The Morgan fingerprint density at radius 1 is 1.00 bits per heavy atom. The third-order valence-electron chi connectivity index (χ3n) is 5.03. The first-order valence-corrected chi connectivity index (χ1v) is 10.3. The van der Waals surface area contributed by atoms with E-state index in [2.05, 4.69) is 25.4 Å². The molecule has 0 saturated carbocycles. The van der Waals surface area contributed by atoms with Crippen molar-refractivity contribution in [3.05, 3.63) is 89.2 Å². The molecule has 7 nitrogen and oxygen atoms in total. The normalized spacial score (nSPS) is 11.1. The van der Waals surface area contributed by atoms with Gasteiger partial charge in [-0.25, -0.2) is 18.4 Å². The van der Waals surface area contributed by atoms with Gasteiger partial charge in [0.25, 0.3) is 0 Å². The fourth-order valence-electron chi connectivity index (χ4n) is 3.46. The molecule has 0 radical (unpaired) electrons. The Labute approximate surface area is 191 Å². The number of pyridine rings is 1. The summed E-state index contributed by atoms with van der Waals surface area (Å²) < 4.78 is 30.2. The van der Waals surface area contributed by atoms with Gasteiger partial charge in [-0.05, 0) is 35.9 Å². The van der Waals surface area contributed by atoms with E-state index in [1.165, 1.54) is 16.8 Å². The van der Waals surface area contributed by atoms with Crippen molar-refractivity contribution in [2.45, 2.75) is 6.54 Å². The van der Waals surface area contributed by atoms with E-state index in [1.54, 1.807) is 42.7 Å². The summed E-state index contributed by atoms with van der Waals surface area (Å²) in [4.78, 5) is 13.0. The first-order chi connectivity index (χ1) is 16.0. The molecule has 0 amide bonds. The molecule has 3 N–H and O–H groups in total. The highest BCUT2D eigenvalue weighted by atomic mass is 35.5. The molecule has 3 heterocycles. The van der Waals surface area contributed by atoms with Gasteiger partial charge in [-0.2, -0.15) is 4.98 Å². The van der Waals surface area contributed by atoms with Crippen molar-refractivity contribution < 1.29 is 8.78 Å². The van der Waals surface area contributed by atoms with E-state index in [4.69, 9.17) is 17.3 Å². The third-order valence-corrected chi connectivity index (χ3v) is 5.35. The van der Waals surface area contributed by atoms with Gasteiger partial charge in [0.2, 0.25) is 5.95 Å². The topological polar surface area (TPSA) is 94.5 Å². The van der Waals surface area contributed by atoms with Gasteiger partial charge in [-0.3, -0.25) is 4.98 Å². The highest BCUT2D eigenvalue weighted by molar-refractivity contribution is 6.32. The van der Waals surface area contributed by atoms with E-state index in [0.29, 0.717) is 17.3 Å². The second kappa shape index (κ2) is 8.44. The zero-order valence-electron chi connectivity index (χ0n) is 17.0. The van der Waals surface area contributed by atoms with Gasteiger partial charge in [0.15, 0.2) is 17.3 Å². The summed E-state index contributed by atoms with van der Waals surface area (Å²) in [5.74, 6) is -1.72. The van der Waals surface area contributed by atoms with Gasteiger partial charge in [0.1, 0.15) is 5.82 Å². The summed E-state index contributed by atoms with van der Waals surface area (Å²) in [5, 5.41) is 8.27. The van der Waals surface area contributed by atoms with Crippen LogP contribution in [0.2, 0.25) is 5.02 Å². The van der Waals surface area contributed by atoms with Gasteiger partial charge in [0, 0.05) is 24.5 Å². The maximum absolute atomic E-state index is 14.8. The van der Waals surface area contributed by atoms with E-state index in [9.17, 15) is 8.78 Å². The molecule has 3 aromatic heterocycles. The smallest absolute Gasteiger partial charge is 0.225 e. The number of para-hydroxylation sites is 1. The Morgan fingerprint density at radius 3 is 2.64 bits per heavy atom. The molecule has 0 aliphatic heterocycles. The fourth-order valence-corrected chi connectivity index (χ4v) is 3.68. The summed E-state index contributed by atoms with van der Waals surface area (Å²) in [6.07, 6.45) is 3.36. The minimum Gasteiger partial charge on any atom is -0.383 e. The van der Waals surface area contributed by atoms with E-state index in [0.717, 1.165) is 11.6 Å². The number of nitrogens with zero attached hydrogens (tertiary/aromatic N) is 5. The Morgan fingerprint density at radius 2 is 1.85 bits per heavy atom. The van der Waals surface area contributed by atoms with Crippen LogP contribution >= 0.6 is 11.6 Å². The molecular weight excluding hydrogens is 448 g/mol. The lowest BCUT2D eigenvalue weighted by Gasteiger charge is -2.10. The summed E-state index contributed by atoms with van der Waals surface area (Å²) in [7, 11) is 0. The standard InChI is InChI=1S/C23H16ClF2N7/c24-15-7-1-2-9-17(15)33-21(27)18-20(14-6-3-8-16(25)19(14)26)30-23(31-22(18)32-33)29-12-13-5-4-10-28-11-13/h1-11H,12,27H2,(H,29,31,32). The van der Waals surface area contributed by atoms with Crippen LogP contribution in [0.5, 0.6) is 0 Å². The summed E-state index contributed by atoms with van der Waals surface area (Å²) >= 11 is 6.33. The second-order valence-corrected chi connectivity index (χ2v) is 7.57. The predicted molar refractivity (Wildman–Crippen MR) is 123 cm³/mol. The van der Waals surface area contributed by atoms with Crippen molar-refractivity contribution in [2.75, 3.05) is 11.1 Å². The number of rotatable bonds is 5. The number of halogens is 3. The fraction of sp³-hybridized carbons (Fsp3) is 0.0435. The number of fused-ring (bicyclic) bond motifs is 1. The third kappa shape index (κ3) is 3.83. The summed E-state index contributed by atoms with van der Waals surface area (Å²) in [5.41, 5.74) is 8.06. The Bertz CT molecular complexity index is 1470. The SMILES string of the molecule is Nc1c2c(-c3cccc(F)c3F)nc(NCc3cccnc3)nc2nn1-c1ccccc1Cl. The van der Waals surface area contributed by atoms with E-state index in [1.807, 2.05) is 6.07 Å². The number of anilines is 2. The molecule has 0 bridgehead atoms. The molecule has 0 saturated heterocycles. The van der Waals surface area contributed by atoms with Gasteiger partial charge in [-0.1, -0.05) is 35.9 Å². The molecule has 0 atom stereocenters. The van der Waals surface area contributed by atoms with Crippen LogP contribution in [0.25, 0.3) is 28.0 Å². The summed E-state index contributed by atoms with van der Waals surface area (Å²) in [6, 6.07) is 14.6. The molecule has 0 spiro atoms. The lowest BCUT2D eigenvalue weighted by Crippen LogP contribution is -2.06. The minimum absolute atomic E-state index is 0.0581. The van der Waals surface area contributed by atoms with Crippen LogP contribution in [0.1, 0.15) is 5.56 Å². The lowest BCUT2D eigenvalue weighted by molar-refractivity contribution is 0.511. The van der Waals surface area contributed by atoms with Crippen molar-refractivity contribution >= 4 is 34.4 Å². The van der Waals surface area contributed by atoms with E-state index < -0.39 is 11.6 Å². The van der Waals surface area contributed by atoms with Crippen LogP contribution in [0.3, 0.4) is 0 Å². The molecule has 2 aromatic carbocycles. The van der Waals surface area contributed by atoms with E-state index in [-0.39, 0.29) is 34.1 Å². The van der Waals surface area contributed by atoms with Gasteiger partial charge in [-0.15, -0.1) is 5.10 Å². The number of hydrogen-bond donors (Lipinski definition) is 2. The van der Waals surface area contributed by atoms with Crippen molar-refractivity contribution in [3.8, 4) is 16.9 Å². The highest BCUT2D eigenvalue weighted by Crippen LogP contribution is 2.35. The molecular formula is C23H16ClF2N7. The maximum Gasteiger partial charge on any atom is 0.225 e. The molecule has 10 heteroatoms. The van der Waals surface area contributed by atoms with Crippen LogP contribution in [0, 0.1) is 11.6 Å². The highest BCUT2D eigenvalue weighted by Gasteiger charge is 2.22. The Hall–Kier alpha value is -4.11. The van der Waals surface area contributed by atoms with Crippen LogP contribution in [-0.2, 0) is 6.54 Å². The van der Waals surface area contributed by atoms with Crippen molar-refractivity contribution in [3.63, 3.8) is 0 Å². The van der Waals surface area contributed by atoms with E-state index >= 15 is 0 Å². The number of aromatic nitrogens is 5. The lowest BCUT2D eigenvalue weighted by atomic mass is 10.1. The van der Waals surface area contributed by atoms with Crippen molar-refractivity contribution in [2.24, 2.45) is 0 Å². The number of nitrogens with two attached hydrogens (primary N) is 1. The number of hydrogen-bond acceptors (Lipinski definition) is 6. The van der Waals surface area contributed by atoms with Crippen LogP contribution in [0.4, 0.5) is 20.5 Å². The first-order valence-electron chi connectivity index (χ1n) is 9.91. The van der Waals surface area contributed by atoms with Crippen LogP contribution in [-0.4, -0.2) is 24.7 Å². The van der Waals surface area contributed by atoms with Gasteiger partial charge in [0.05, 0.1) is 21.8 Å². The zero-order valence-corrected chi connectivity index (χ0v) is 17.8. The monoisotopic (exact) mass is 463 g/mol. The van der Waals surface area contributed by atoms with Gasteiger partial charge >= 0.3 is 0 Å². The largest absolute Gasteiger partial charge is 0.383 e. The zero-order chi connectivity index (χ0) is 22.9. The number of benzene rings is 2. The molecule has 0 aliphatic carbocycles. The van der Waals surface area contributed by atoms with Crippen molar-refractivity contribution in [1.29, 1.82) is 0 Å². The Kier molecular flexibility index (Phi) is 5.31. The maximum atomic E-state index is 14.8. The second-order valence-electron chi connectivity index (χ2n) is 7.16. The Balaban J connectivity index is 1.70. The molecule has 0 aliphatic rings. The van der Waals surface area contributed by atoms with Crippen molar-refractivity contribution in [1.82, 2.24) is 24.7 Å². The molecule has 0 fully saturated rings. The average molecular weight is 464 g/mol. The first kappa shape index (κ1) is 20.8. The average Bonchev–Trinajstić information content (AvgIpc) is 3.16. The molecule has 164 valence electrons. The minimum atomic E-state index is -1.04. The molecule has 5 aromatic rings. The van der Waals surface area contributed by atoms with Gasteiger partial charge < -0.3 is 11.1 Å². The molecule has 5 rings (SSSR count). The van der Waals surface area contributed by atoms with Crippen LogP contribution < -0.4 is 11.1 Å². The molecule has 33 heavy (non-hydrogen) atoms. The number of nitrogen functional groups attached to an aromatic ring is 1. The molecule has 0 unspecified atom stereocenters. The van der Waals surface area contributed by atoms with Crippen LogP contribution in [0.15, 0.2) is 67.0 Å². The number of nitrogens with one attached hydrogen (secondary N) is 1. The summed E-state index contributed by atoms with van der Waals surface area (Å²) in [6.45, 7) is 0.366. The quantitative estimate of drug-likeness (QED) is 0.381.